The number of nitrogens with one attached hydrogen (secondary N) is 3. The number of benzene rings is 2. The molecule has 6 nitrogen and oxygen atoms in total. The van der Waals surface area contributed by atoms with Crippen LogP contribution < -0.4 is 25.6 Å². The Hall–Kier alpha value is -2.22. The monoisotopic (exact) mass is 397 g/mol. The van der Waals surface area contributed by atoms with E-state index < -0.39 is 0 Å². The quantitative estimate of drug-likeness (QED) is 0.546. The number of amides is 1. The van der Waals surface area contributed by atoms with Crippen molar-refractivity contribution >= 4 is 46.4 Å². The maximum absolute atomic E-state index is 12.0. The Morgan fingerprint density at radius 3 is 2.64 bits per heavy atom. The molecule has 1 heterocycles. The summed E-state index contributed by atoms with van der Waals surface area (Å²) in [5.74, 6) is 1.04. The first-order valence-electron chi connectivity index (χ1n) is 7.20. The molecule has 1 aliphatic heterocycles. The molecule has 0 aromatic heterocycles. The summed E-state index contributed by atoms with van der Waals surface area (Å²) in [6, 6.07) is 10.2. The minimum Gasteiger partial charge on any atom is -0.454 e. The molecule has 2 aromatic rings. The summed E-state index contributed by atoms with van der Waals surface area (Å²) in [7, 11) is 0. The highest BCUT2D eigenvalue weighted by molar-refractivity contribution is 7.80. The van der Waals surface area contributed by atoms with Crippen LogP contribution in [0.25, 0.3) is 0 Å². The van der Waals surface area contributed by atoms with E-state index >= 15 is 0 Å². The van der Waals surface area contributed by atoms with Crippen molar-refractivity contribution in [2.24, 2.45) is 0 Å². The van der Waals surface area contributed by atoms with E-state index in [1.165, 1.54) is 6.07 Å². The first-order valence-corrected chi connectivity index (χ1v) is 8.37. The van der Waals surface area contributed by atoms with Crippen molar-refractivity contribution in [3.63, 3.8) is 0 Å². The molecule has 0 spiro atoms. The first-order chi connectivity index (χ1) is 12.0. The van der Waals surface area contributed by atoms with Gasteiger partial charge in [0.15, 0.2) is 16.6 Å². The second-order valence-electron chi connectivity index (χ2n) is 5.08. The molecule has 1 amide bonds. The predicted octanol–water partition coefficient (Wildman–Crippen LogP) is 3.03. The SMILES string of the molecule is O=C(NNC(=S)NCc1ccc2c(c1)OCO2)c1ccc(Cl)c(Cl)c1. The topological polar surface area (TPSA) is 71.6 Å². The standard InChI is InChI=1S/C16H13Cl2N3O3S/c17-11-3-2-10(6-12(11)18)15(22)20-21-16(25)19-7-9-1-4-13-14(5-9)24-8-23-13/h1-6H,7-8H2,(H,20,22)(H2,19,21,25). The van der Waals surface area contributed by atoms with Gasteiger partial charge in [-0.1, -0.05) is 29.3 Å². The number of carbonyl (C=O) groups excluding carboxylic acids is 1. The molecule has 130 valence electrons. The molecule has 25 heavy (non-hydrogen) atoms. The van der Waals surface area contributed by atoms with Gasteiger partial charge in [0, 0.05) is 12.1 Å². The smallest absolute Gasteiger partial charge is 0.269 e. The van der Waals surface area contributed by atoms with E-state index in [0.29, 0.717) is 27.9 Å². The third kappa shape index (κ3) is 4.45. The first kappa shape index (κ1) is 17.6. The second-order valence-corrected chi connectivity index (χ2v) is 6.30. The van der Waals surface area contributed by atoms with Crippen molar-refractivity contribution in [3.05, 3.63) is 57.6 Å². The molecule has 0 atom stereocenters. The number of ether oxygens (including phenoxy) is 2. The maximum Gasteiger partial charge on any atom is 0.269 e. The van der Waals surface area contributed by atoms with Crippen LogP contribution in [0.3, 0.4) is 0 Å². The molecule has 0 bridgehead atoms. The van der Waals surface area contributed by atoms with Gasteiger partial charge in [0.25, 0.3) is 5.91 Å². The number of halogens is 2. The lowest BCUT2D eigenvalue weighted by Crippen LogP contribution is -2.46. The molecule has 0 saturated carbocycles. The van der Waals surface area contributed by atoms with Crippen LogP contribution in [0.1, 0.15) is 15.9 Å². The van der Waals surface area contributed by atoms with E-state index in [9.17, 15) is 4.79 Å². The Bertz CT molecular complexity index is 832. The average Bonchev–Trinajstić information content (AvgIpc) is 3.08. The Labute approximate surface area is 159 Å². The van der Waals surface area contributed by atoms with Crippen molar-refractivity contribution in [3.8, 4) is 11.5 Å². The predicted molar refractivity (Wildman–Crippen MR) is 99.1 cm³/mol. The van der Waals surface area contributed by atoms with Gasteiger partial charge >= 0.3 is 0 Å². The zero-order valence-corrected chi connectivity index (χ0v) is 15.1. The summed E-state index contributed by atoms with van der Waals surface area (Å²) in [6.45, 7) is 0.693. The number of hydrogen-bond donors (Lipinski definition) is 3. The summed E-state index contributed by atoms with van der Waals surface area (Å²) < 4.78 is 10.6. The molecular weight excluding hydrogens is 385 g/mol. The molecule has 0 aliphatic carbocycles. The van der Waals surface area contributed by atoms with Gasteiger partial charge in [0.1, 0.15) is 0 Å². The van der Waals surface area contributed by atoms with Crippen molar-refractivity contribution in [1.82, 2.24) is 16.2 Å². The van der Waals surface area contributed by atoms with E-state index in [-0.39, 0.29) is 17.8 Å². The lowest BCUT2D eigenvalue weighted by atomic mass is 10.2. The molecule has 2 aromatic carbocycles. The Morgan fingerprint density at radius 2 is 1.84 bits per heavy atom. The number of hydrazine groups is 1. The fraction of sp³-hybridized carbons (Fsp3) is 0.125. The van der Waals surface area contributed by atoms with Gasteiger partial charge in [0.2, 0.25) is 6.79 Å². The lowest BCUT2D eigenvalue weighted by Gasteiger charge is -2.12. The number of hydrogen-bond acceptors (Lipinski definition) is 4. The summed E-state index contributed by atoms with van der Waals surface area (Å²) in [6.07, 6.45) is 0. The number of thiocarbonyl (C=S) groups is 1. The lowest BCUT2D eigenvalue weighted by molar-refractivity contribution is 0.0943. The average molecular weight is 398 g/mol. The van der Waals surface area contributed by atoms with Crippen LogP contribution in [0.15, 0.2) is 36.4 Å². The zero-order valence-electron chi connectivity index (χ0n) is 12.8. The van der Waals surface area contributed by atoms with E-state index in [1.54, 1.807) is 12.1 Å². The van der Waals surface area contributed by atoms with Gasteiger partial charge in [-0.05, 0) is 48.1 Å². The second kappa shape index (κ2) is 7.77. The fourth-order valence-corrected chi connectivity index (χ4v) is 2.52. The summed E-state index contributed by atoms with van der Waals surface area (Å²) >= 11 is 16.8. The largest absolute Gasteiger partial charge is 0.454 e. The summed E-state index contributed by atoms with van der Waals surface area (Å²) in [5.41, 5.74) is 6.43. The Morgan fingerprint density at radius 1 is 1.04 bits per heavy atom. The van der Waals surface area contributed by atoms with Crippen LogP contribution in [0.4, 0.5) is 0 Å². The Kier molecular flexibility index (Phi) is 5.47. The van der Waals surface area contributed by atoms with Gasteiger partial charge in [-0.25, -0.2) is 0 Å². The molecule has 0 fully saturated rings. The van der Waals surface area contributed by atoms with Gasteiger partial charge in [-0.15, -0.1) is 0 Å². The minimum atomic E-state index is -0.384. The van der Waals surface area contributed by atoms with Crippen molar-refractivity contribution in [1.29, 1.82) is 0 Å². The third-order valence-corrected chi connectivity index (χ3v) is 4.35. The van der Waals surface area contributed by atoms with Crippen LogP contribution in [0.2, 0.25) is 10.0 Å². The zero-order chi connectivity index (χ0) is 17.8. The maximum atomic E-state index is 12.0. The number of carbonyl (C=O) groups is 1. The van der Waals surface area contributed by atoms with E-state index in [1.807, 2.05) is 18.2 Å². The highest BCUT2D eigenvalue weighted by Crippen LogP contribution is 2.32. The number of fused-ring (bicyclic) bond motifs is 1. The molecule has 0 unspecified atom stereocenters. The molecule has 3 rings (SSSR count). The van der Waals surface area contributed by atoms with Crippen molar-refractivity contribution in [2.45, 2.75) is 6.54 Å². The van der Waals surface area contributed by atoms with Crippen LogP contribution in [0, 0.1) is 0 Å². The van der Waals surface area contributed by atoms with E-state index in [0.717, 1.165) is 11.3 Å². The minimum absolute atomic E-state index is 0.229. The van der Waals surface area contributed by atoms with Gasteiger partial charge in [-0.3, -0.25) is 15.6 Å². The van der Waals surface area contributed by atoms with E-state index in [2.05, 4.69) is 16.2 Å². The van der Waals surface area contributed by atoms with Gasteiger partial charge in [0.05, 0.1) is 10.0 Å². The molecular formula is C16H13Cl2N3O3S. The van der Waals surface area contributed by atoms with Crippen LogP contribution in [0.5, 0.6) is 11.5 Å². The summed E-state index contributed by atoms with van der Waals surface area (Å²) in [5, 5.41) is 3.93. The highest BCUT2D eigenvalue weighted by atomic mass is 35.5. The number of rotatable bonds is 3. The van der Waals surface area contributed by atoms with Gasteiger partial charge in [-0.2, -0.15) is 0 Å². The van der Waals surface area contributed by atoms with Crippen LogP contribution in [-0.2, 0) is 6.54 Å². The van der Waals surface area contributed by atoms with E-state index in [4.69, 9.17) is 44.9 Å². The molecule has 0 saturated heterocycles. The normalized spacial score (nSPS) is 11.8. The highest BCUT2D eigenvalue weighted by Gasteiger charge is 2.13. The van der Waals surface area contributed by atoms with Crippen LogP contribution in [-0.4, -0.2) is 17.8 Å². The molecule has 0 radical (unpaired) electrons. The van der Waals surface area contributed by atoms with Crippen molar-refractivity contribution < 1.29 is 14.3 Å². The summed E-state index contributed by atoms with van der Waals surface area (Å²) in [4.78, 5) is 12.0. The molecule has 1 aliphatic rings. The third-order valence-electron chi connectivity index (χ3n) is 3.36. The van der Waals surface area contributed by atoms with Gasteiger partial charge < -0.3 is 14.8 Å². The van der Waals surface area contributed by atoms with Crippen LogP contribution >= 0.6 is 35.4 Å². The molecule has 9 heteroatoms. The fourth-order valence-electron chi connectivity index (χ4n) is 2.10. The Balaban J connectivity index is 1.47. The van der Waals surface area contributed by atoms with Crippen molar-refractivity contribution in [2.75, 3.05) is 6.79 Å². The molecule has 3 N–H and O–H groups in total.